The first kappa shape index (κ1) is 13.2. The first-order valence-corrected chi connectivity index (χ1v) is 6.36. The van der Waals surface area contributed by atoms with Crippen LogP contribution in [0.2, 0.25) is 0 Å². The van der Waals surface area contributed by atoms with Crippen LogP contribution in [0.3, 0.4) is 0 Å². The molecular formula is C12H20N2OS. The lowest BCUT2D eigenvalue weighted by Crippen LogP contribution is -2.37. The quantitative estimate of drug-likeness (QED) is 0.826. The van der Waals surface area contributed by atoms with Gasteiger partial charge in [0.2, 0.25) is 5.91 Å². The summed E-state index contributed by atoms with van der Waals surface area (Å²) < 4.78 is 0. The fraction of sp³-hybridized carbons (Fsp3) is 0.583. The number of aryl methyl sites for hydroxylation is 2. The van der Waals surface area contributed by atoms with E-state index in [1.54, 1.807) is 11.3 Å². The molecule has 2 N–H and O–H groups in total. The summed E-state index contributed by atoms with van der Waals surface area (Å²) >= 11 is 1.79. The lowest BCUT2D eigenvalue weighted by atomic mass is 10.3. The second-order valence-corrected chi connectivity index (χ2v) is 5.62. The third kappa shape index (κ3) is 4.33. The fourth-order valence-corrected chi connectivity index (χ4v) is 2.43. The fourth-order valence-electron chi connectivity index (χ4n) is 1.41. The first-order chi connectivity index (χ1) is 7.49. The average Bonchev–Trinajstić information content (AvgIpc) is 2.44. The van der Waals surface area contributed by atoms with Crippen LogP contribution in [-0.2, 0) is 11.3 Å². The van der Waals surface area contributed by atoms with Gasteiger partial charge in [-0.1, -0.05) is 0 Å². The standard InChI is InChI=1S/C12H20N2OS/c1-8(2)14-12(15)7-13-6-11-5-9(3)10(4)16-11/h5,8,13H,6-7H2,1-4H3,(H,14,15). The van der Waals surface area contributed by atoms with Gasteiger partial charge in [0.15, 0.2) is 0 Å². The zero-order chi connectivity index (χ0) is 12.1. The van der Waals surface area contributed by atoms with Crippen molar-refractivity contribution in [3.05, 3.63) is 21.4 Å². The Kier molecular flexibility index (Phi) is 4.96. The number of rotatable bonds is 5. The van der Waals surface area contributed by atoms with E-state index in [9.17, 15) is 4.79 Å². The van der Waals surface area contributed by atoms with Gasteiger partial charge in [0.25, 0.3) is 0 Å². The normalized spacial score (nSPS) is 10.8. The van der Waals surface area contributed by atoms with Crippen LogP contribution in [0.25, 0.3) is 0 Å². The van der Waals surface area contributed by atoms with E-state index in [1.807, 2.05) is 13.8 Å². The summed E-state index contributed by atoms with van der Waals surface area (Å²) in [5, 5.41) is 5.99. The smallest absolute Gasteiger partial charge is 0.234 e. The number of thiophene rings is 1. The molecule has 1 aromatic heterocycles. The maximum atomic E-state index is 11.3. The van der Waals surface area contributed by atoms with Crippen LogP contribution in [0, 0.1) is 13.8 Å². The lowest BCUT2D eigenvalue weighted by molar-refractivity contribution is -0.120. The zero-order valence-electron chi connectivity index (χ0n) is 10.4. The van der Waals surface area contributed by atoms with Crippen molar-refractivity contribution in [2.75, 3.05) is 6.54 Å². The second kappa shape index (κ2) is 6.01. The van der Waals surface area contributed by atoms with Gasteiger partial charge in [0.05, 0.1) is 6.54 Å². The monoisotopic (exact) mass is 240 g/mol. The van der Waals surface area contributed by atoms with E-state index in [0.29, 0.717) is 6.54 Å². The molecule has 0 saturated heterocycles. The largest absolute Gasteiger partial charge is 0.353 e. The van der Waals surface area contributed by atoms with E-state index >= 15 is 0 Å². The average molecular weight is 240 g/mol. The Bertz CT molecular complexity index is 338. The van der Waals surface area contributed by atoms with Crippen LogP contribution in [0.15, 0.2) is 6.07 Å². The molecule has 4 heteroatoms. The van der Waals surface area contributed by atoms with Crippen molar-refractivity contribution in [3.63, 3.8) is 0 Å². The van der Waals surface area contributed by atoms with Crippen LogP contribution in [-0.4, -0.2) is 18.5 Å². The molecular weight excluding hydrogens is 220 g/mol. The Morgan fingerprint density at radius 1 is 1.44 bits per heavy atom. The van der Waals surface area contributed by atoms with Crippen LogP contribution in [0.4, 0.5) is 0 Å². The maximum absolute atomic E-state index is 11.3. The van der Waals surface area contributed by atoms with Crippen molar-refractivity contribution < 1.29 is 4.79 Å². The van der Waals surface area contributed by atoms with Gasteiger partial charge in [-0.3, -0.25) is 4.79 Å². The molecule has 0 aliphatic heterocycles. The summed E-state index contributed by atoms with van der Waals surface area (Å²) in [6.07, 6.45) is 0. The Morgan fingerprint density at radius 2 is 2.12 bits per heavy atom. The highest BCUT2D eigenvalue weighted by atomic mass is 32.1. The summed E-state index contributed by atoms with van der Waals surface area (Å²) in [6, 6.07) is 2.38. The van der Waals surface area contributed by atoms with E-state index in [0.717, 1.165) is 6.54 Å². The van der Waals surface area contributed by atoms with Crippen molar-refractivity contribution in [1.29, 1.82) is 0 Å². The molecule has 0 spiro atoms. The topological polar surface area (TPSA) is 41.1 Å². The molecule has 0 aliphatic rings. The number of hydrogen-bond acceptors (Lipinski definition) is 3. The molecule has 16 heavy (non-hydrogen) atoms. The molecule has 1 rings (SSSR count). The Hall–Kier alpha value is -0.870. The maximum Gasteiger partial charge on any atom is 0.234 e. The molecule has 90 valence electrons. The minimum atomic E-state index is 0.0556. The van der Waals surface area contributed by atoms with Gasteiger partial charge in [-0.25, -0.2) is 0 Å². The van der Waals surface area contributed by atoms with Crippen LogP contribution in [0.1, 0.15) is 29.2 Å². The number of amides is 1. The summed E-state index contributed by atoms with van der Waals surface area (Å²) in [5.41, 5.74) is 1.33. The molecule has 0 aliphatic carbocycles. The number of carbonyl (C=O) groups excluding carboxylic acids is 1. The highest BCUT2D eigenvalue weighted by molar-refractivity contribution is 7.12. The third-order valence-corrected chi connectivity index (χ3v) is 3.40. The molecule has 0 unspecified atom stereocenters. The zero-order valence-corrected chi connectivity index (χ0v) is 11.2. The molecule has 1 heterocycles. The van der Waals surface area contributed by atoms with Crippen molar-refractivity contribution >= 4 is 17.2 Å². The summed E-state index contributed by atoms with van der Waals surface area (Å²) in [4.78, 5) is 14.0. The molecule has 0 bridgehead atoms. The number of hydrogen-bond donors (Lipinski definition) is 2. The third-order valence-electron chi connectivity index (χ3n) is 2.25. The predicted molar refractivity (Wildman–Crippen MR) is 68.8 cm³/mol. The van der Waals surface area contributed by atoms with Crippen molar-refractivity contribution in [3.8, 4) is 0 Å². The Labute approximate surface area is 101 Å². The van der Waals surface area contributed by atoms with Gasteiger partial charge in [-0.05, 0) is 39.3 Å². The summed E-state index contributed by atoms with van der Waals surface area (Å²) in [5.74, 6) is 0.0556. The summed E-state index contributed by atoms with van der Waals surface area (Å²) in [6.45, 7) is 9.31. The first-order valence-electron chi connectivity index (χ1n) is 5.55. The molecule has 0 saturated carbocycles. The van der Waals surface area contributed by atoms with E-state index in [2.05, 4.69) is 30.5 Å². The molecule has 0 atom stereocenters. The van der Waals surface area contributed by atoms with Crippen LogP contribution in [0.5, 0.6) is 0 Å². The van der Waals surface area contributed by atoms with E-state index in [1.165, 1.54) is 15.3 Å². The van der Waals surface area contributed by atoms with Gasteiger partial charge in [0, 0.05) is 22.3 Å². The SMILES string of the molecule is Cc1cc(CNCC(=O)NC(C)C)sc1C. The minimum Gasteiger partial charge on any atom is -0.353 e. The van der Waals surface area contributed by atoms with Crippen LogP contribution >= 0.6 is 11.3 Å². The van der Waals surface area contributed by atoms with Gasteiger partial charge in [-0.15, -0.1) is 11.3 Å². The van der Waals surface area contributed by atoms with E-state index < -0.39 is 0 Å². The number of carbonyl (C=O) groups is 1. The van der Waals surface area contributed by atoms with Gasteiger partial charge >= 0.3 is 0 Å². The van der Waals surface area contributed by atoms with E-state index in [4.69, 9.17) is 0 Å². The van der Waals surface area contributed by atoms with Crippen molar-refractivity contribution in [2.45, 2.75) is 40.3 Å². The molecule has 1 amide bonds. The van der Waals surface area contributed by atoms with Crippen molar-refractivity contribution in [1.82, 2.24) is 10.6 Å². The Balaban J connectivity index is 2.28. The predicted octanol–water partition coefficient (Wildman–Crippen LogP) is 1.98. The molecule has 1 aromatic rings. The van der Waals surface area contributed by atoms with E-state index in [-0.39, 0.29) is 11.9 Å². The highest BCUT2D eigenvalue weighted by Crippen LogP contribution is 2.19. The Morgan fingerprint density at radius 3 is 2.62 bits per heavy atom. The molecule has 0 fully saturated rings. The van der Waals surface area contributed by atoms with Gasteiger partial charge < -0.3 is 10.6 Å². The molecule has 0 radical (unpaired) electrons. The van der Waals surface area contributed by atoms with Gasteiger partial charge in [-0.2, -0.15) is 0 Å². The summed E-state index contributed by atoms with van der Waals surface area (Å²) in [7, 11) is 0. The molecule has 0 aromatic carbocycles. The lowest BCUT2D eigenvalue weighted by Gasteiger charge is -2.08. The van der Waals surface area contributed by atoms with Crippen molar-refractivity contribution in [2.24, 2.45) is 0 Å². The number of nitrogens with one attached hydrogen (secondary N) is 2. The second-order valence-electron chi connectivity index (χ2n) is 4.28. The molecule has 3 nitrogen and oxygen atoms in total. The minimum absolute atomic E-state index is 0.0556. The van der Waals surface area contributed by atoms with Crippen LogP contribution < -0.4 is 10.6 Å². The highest BCUT2D eigenvalue weighted by Gasteiger charge is 2.04. The van der Waals surface area contributed by atoms with Gasteiger partial charge in [0.1, 0.15) is 0 Å².